The van der Waals surface area contributed by atoms with Gasteiger partial charge in [0, 0.05) is 23.2 Å². The zero-order chi connectivity index (χ0) is 15.6. The largest absolute Gasteiger partial charge is 0.326 e. The molecule has 1 fully saturated rings. The molecule has 1 aliphatic rings. The average molecular weight is 375 g/mol. The lowest BCUT2D eigenvalue weighted by Gasteiger charge is -2.30. The zero-order valence-electron chi connectivity index (χ0n) is 12.1. The molecular weight excluding hydrogens is 356 g/mol. The van der Waals surface area contributed by atoms with Crippen LogP contribution >= 0.6 is 15.9 Å². The number of carbonyl (C=O) groups excluding carboxylic acids is 1. The summed E-state index contributed by atoms with van der Waals surface area (Å²) in [5.74, 6) is -0.420. The minimum absolute atomic E-state index is 0.121. The van der Waals surface area contributed by atoms with Gasteiger partial charge in [-0.15, -0.1) is 0 Å². The standard InChI is InChI=1S/C14H19BrN2O3S/c1-10-5-6-12(15)8-13(10)16-14(18)11-4-3-7-17(9-11)21(2,19)20/h5-6,8,11H,3-4,7,9H2,1-2H3,(H,16,18). The van der Waals surface area contributed by atoms with Gasteiger partial charge in [0.05, 0.1) is 12.2 Å². The number of hydrogen-bond acceptors (Lipinski definition) is 3. The second kappa shape index (κ2) is 6.46. The highest BCUT2D eigenvalue weighted by atomic mass is 79.9. The fourth-order valence-corrected chi connectivity index (χ4v) is 3.69. The Morgan fingerprint density at radius 2 is 2.14 bits per heavy atom. The molecule has 1 unspecified atom stereocenters. The molecule has 1 aliphatic heterocycles. The fraction of sp³-hybridized carbons (Fsp3) is 0.500. The molecule has 1 N–H and O–H groups in total. The molecule has 1 aromatic carbocycles. The number of nitrogens with zero attached hydrogens (tertiary/aromatic N) is 1. The van der Waals surface area contributed by atoms with Gasteiger partial charge < -0.3 is 5.32 Å². The van der Waals surface area contributed by atoms with Gasteiger partial charge in [0.1, 0.15) is 0 Å². The highest BCUT2D eigenvalue weighted by molar-refractivity contribution is 9.10. The van der Waals surface area contributed by atoms with Crippen LogP contribution in [0, 0.1) is 12.8 Å². The summed E-state index contributed by atoms with van der Waals surface area (Å²) in [6, 6.07) is 5.69. The van der Waals surface area contributed by atoms with Gasteiger partial charge in [0.25, 0.3) is 0 Å². The molecule has 7 heteroatoms. The smallest absolute Gasteiger partial charge is 0.228 e. The molecule has 0 bridgehead atoms. The van der Waals surface area contributed by atoms with Crippen molar-refractivity contribution in [3.8, 4) is 0 Å². The third-order valence-electron chi connectivity index (χ3n) is 3.68. The van der Waals surface area contributed by atoms with Crippen molar-refractivity contribution in [1.82, 2.24) is 4.31 Å². The van der Waals surface area contributed by atoms with Crippen LogP contribution in [-0.2, 0) is 14.8 Å². The minimum atomic E-state index is -3.23. The van der Waals surface area contributed by atoms with Crippen LogP contribution in [0.5, 0.6) is 0 Å². The molecule has 1 aromatic rings. The number of aryl methyl sites for hydroxylation is 1. The number of carbonyl (C=O) groups is 1. The number of halogens is 1. The molecule has 2 rings (SSSR count). The van der Waals surface area contributed by atoms with E-state index < -0.39 is 10.0 Å². The van der Waals surface area contributed by atoms with Crippen molar-refractivity contribution in [2.24, 2.45) is 5.92 Å². The number of rotatable bonds is 3. The van der Waals surface area contributed by atoms with Crippen LogP contribution in [0.3, 0.4) is 0 Å². The second-order valence-corrected chi connectivity index (χ2v) is 8.31. The molecule has 0 aliphatic carbocycles. The monoisotopic (exact) mass is 374 g/mol. The van der Waals surface area contributed by atoms with Gasteiger partial charge in [-0.25, -0.2) is 12.7 Å². The quantitative estimate of drug-likeness (QED) is 0.882. The third-order valence-corrected chi connectivity index (χ3v) is 5.44. The van der Waals surface area contributed by atoms with E-state index in [0.717, 1.165) is 15.7 Å². The summed E-state index contributed by atoms with van der Waals surface area (Å²) in [6.45, 7) is 2.68. The van der Waals surface area contributed by atoms with Gasteiger partial charge >= 0.3 is 0 Å². The van der Waals surface area contributed by atoms with E-state index in [1.807, 2.05) is 25.1 Å². The van der Waals surface area contributed by atoms with Crippen molar-refractivity contribution in [3.63, 3.8) is 0 Å². The lowest BCUT2D eigenvalue weighted by Crippen LogP contribution is -2.43. The Bertz CT molecular complexity index is 646. The Kier molecular flexibility index (Phi) is 5.06. The molecule has 1 atom stereocenters. The minimum Gasteiger partial charge on any atom is -0.326 e. The first-order valence-corrected chi connectivity index (χ1v) is 9.43. The maximum atomic E-state index is 12.4. The first kappa shape index (κ1) is 16.5. The molecule has 1 amide bonds. The van der Waals surface area contributed by atoms with E-state index in [1.54, 1.807) is 0 Å². The first-order valence-electron chi connectivity index (χ1n) is 6.79. The topological polar surface area (TPSA) is 66.5 Å². The number of hydrogen-bond donors (Lipinski definition) is 1. The van der Waals surface area contributed by atoms with Crippen LogP contribution in [-0.4, -0.2) is 38.0 Å². The summed E-state index contributed by atoms with van der Waals surface area (Å²) >= 11 is 3.38. The van der Waals surface area contributed by atoms with Crippen molar-refractivity contribution >= 4 is 37.5 Å². The maximum Gasteiger partial charge on any atom is 0.228 e. The first-order chi connectivity index (χ1) is 9.77. The zero-order valence-corrected chi connectivity index (χ0v) is 14.5. The van der Waals surface area contributed by atoms with Crippen LogP contribution in [0.15, 0.2) is 22.7 Å². The summed E-state index contributed by atoms with van der Waals surface area (Å²) in [5, 5.41) is 2.90. The molecule has 5 nitrogen and oxygen atoms in total. The normalized spacial score (nSPS) is 20.2. The Morgan fingerprint density at radius 1 is 1.43 bits per heavy atom. The van der Waals surface area contributed by atoms with Crippen LogP contribution in [0.1, 0.15) is 18.4 Å². The summed E-state index contributed by atoms with van der Waals surface area (Å²) in [4.78, 5) is 12.4. The summed E-state index contributed by atoms with van der Waals surface area (Å²) < 4.78 is 25.5. The number of benzene rings is 1. The Morgan fingerprint density at radius 3 is 2.81 bits per heavy atom. The molecule has 1 heterocycles. The van der Waals surface area contributed by atoms with Gasteiger partial charge in [-0.3, -0.25) is 4.79 Å². The number of anilines is 1. The molecular formula is C14H19BrN2O3S. The number of sulfonamides is 1. The summed E-state index contributed by atoms with van der Waals surface area (Å²) in [7, 11) is -3.23. The molecule has 0 saturated carbocycles. The van der Waals surface area contributed by atoms with E-state index in [0.29, 0.717) is 19.4 Å². The number of amides is 1. The van der Waals surface area contributed by atoms with Gasteiger partial charge in [-0.05, 0) is 37.5 Å². The molecule has 21 heavy (non-hydrogen) atoms. The average Bonchev–Trinajstić information content (AvgIpc) is 2.42. The van der Waals surface area contributed by atoms with Crippen LogP contribution < -0.4 is 5.32 Å². The van der Waals surface area contributed by atoms with E-state index in [1.165, 1.54) is 10.6 Å². The van der Waals surface area contributed by atoms with Crippen molar-refractivity contribution in [3.05, 3.63) is 28.2 Å². The van der Waals surface area contributed by atoms with Crippen molar-refractivity contribution in [2.45, 2.75) is 19.8 Å². The third kappa shape index (κ3) is 4.28. The van der Waals surface area contributed by atoms with Crippen LogP contribution in [0.2, 0.25) is 0 Å². The second-order valence-electron chi connectivity index (χ2n) is 5.41. The highest BCUT2D eigenvalue weighted by Crippen LogP contribution is 2.24. The van der Waals surface area contributed by atoms with Crippen molar-refractivity contribution in [1.29, 1.82) is 0 Å². The van der Waals surface area contributed by atoms with E-state index in [9.17, 15) is 13.2 Å². The highest BCUT2D eigenvalue weighted by Gasteiger charge is 2.30. The lowest BCUT2D eigenvalue weighted by molar-refractivity contribution is -0.120. The molecule has 0 radical (unpaired) electrons. The Hall–Kier alpha value is -0.920. The summed E-state index contributed by atoms with van der Waals surface area (Å²) in [6.07, 6.45) is 2.61. The molecule has 116 valence electrons. The molecule has 0 aromatic heterocycles. The number of nitrogens with one attached hydrogen (secondary N) is 1. The van der Waals surface area contributed by atoms with E-state index in [-0.39, 0.29) is 18.4 Å². The molecule has 1 saturated heterocycles. The SMILES string of the molecule is Cc1ccc(Br)cc1NC(=O)C1CCCN(S(C)(=O)=O)C1. The lowest BCUT2D eigenvalue weighted by atomic mass is 9.98. The van der Waals surface area contributed by atoms with E-state index in [4.69, 9.17) is 0 Å². The van der Waals surface area contributed by atoms with E-state index >= 15 is 0 Å². The predicted molar refractivity (Wildman–Crippen MR) is 86.6 cm³/mol. The van der Waals surface area contributed by atoms with Gasteiger partial charge in [-0.2, -0.15) is 0 Å². The van der Waals surface area contributed by atoms with Crippen molar-refractivity contribution in [2.75, 3.05) is 24.7 Å². The van der Waals surface area contributed by atoms with Crippen LogP contribution in [0.25, 0.3) is 0 Å². The summed E-state index contributed by atoms with van der Waals surface area (Å²) in [5.41, 5.74) is 1.73. The van der Waals surface area contributed by atoms with Gasteiger partial charge in [-0.1, -0.05) is 22.0 Å². The molecule has 0 spiro atoms. The van der Waals surface area contributed by atoms with Gasteiger partial charge in [0.2, 0.25) is 15.9 Å². The predicted octanol–water partition coefficient (Wildman–Crippen LogP) is 2.37. The maximum absolute atomic E-state index is 12.4. The fourth-order valence-electron chi connectivity index (χ4n) is 2.42. The Balaban J connectivity index is 2.08. The van der Waals surface area contributed by atoms with Gasteiger partial charge in [0.15, 0.2) is 0 Å². The van der Waals surface area contributed by atoms with Crippen molar-refractivity contribution < 1.29 is 13.2 Å². The number of piperidine rings is 1. The Labute approximate surface area is 133 Å². The van der Waals surface area contributed by atoms with E-state index in [2.05, 4.69) is 21.2 Å². The van der Waals surface area contributed by atoms with Crippen LogP contribution in [0.4, 0.5) is 5.69 Å².